The van der Waals surface area contributed by atoms with Gasteiger partial charge in [-0.1, -0.05) is 12.2 Å². The molecule has 1 N–H and O–H groups in total. The number of nitrogens with one attached hydrogen (secondary N) is 1. The van der Waals surface area contributed by atoms with Crippen molar-refractivity contribution in [2.45, 2.75) is 19.5 Å². The van der Waals surface area contributed by atoms with Crippen LogP contribution in [0.1, 0.15) is 13.3 Å². The van der Waals surface area contributed by atoms with E-state index in [1.807, 2.05) is 0 Å². The second kappa shape index (κ2) is 4.68. The number of rotatable bonds is 3. The summed E-state index contributed by atoms with van der Waals surface area (Å²) in [5.74, 6) is -2.28. The molecule has 1 aliphatic heterocycles. The first-order chi connectivity index (χ1) is 7.07. The molecule has 1 heterocycles. The molecular formula is C9H11FN2O3. The van der Waals surface area contributed by atoms with Crippen LogP contribution in [0.2, 0.25) is 0 Å². The summed E-state index contributed by atoms with van der Waals surface area (Å²) < 4.78 is 12.9. The molecule has 0 spiro atoms. The standard InChI is InChI=1S/C9H11FN2O3/c1-2-3-4-5-12-8(14)6(10)7(13)11-9(12)15/h2-3,6H,4-5H2,1H3,(H,11,13,15)/b3-2+. The highest BCUT2D eigenvalue weighted by Crippen LogP contribution is 2.07. The van der Waals surface area contributed by atoms with Crippen molar-refractivity contribution in [3.05, 3.63) is 12.2 Å². The number of imide groups is 2. The van der Waals surface area contributed by atoms with Gasteiger partial charge in [0.2, 0.25) is 0 Å². The van der Waals surface area contributed by atoms with Crippen LogP contribution >= 0.6 is 0 Å². The topological polar surface area (TPSA) is 66.5 Å². The van der Waals surface area contributed by atoms with Crippen LogP contribution < -0.4 is 5.32 Å². The van der Waals surface area contributed by atoms with Crippen LogP contribution in [-0.2, 0) is 9.59 Å². The van der Waals surface area contributed by atoms with Crippen molar-refractivity contribution in [1.29, 1.82) is 0 Å². The minimum Gasteiger partial charge on any atom is -0.275 e. The molecule has 4 amide bonds. The molecule has 6 heteroatoms. The molecule has 1 aliphatic rings. The molecule has 0 aromatic rings. The lowest BCUT2D eigenvalue weighted by molar-refractivity contribution is -0.143. The third kappa shape index (κ3) is 2.39. The van der Waals surface area contributed by atoms with Crippen LogP contribution in [0.5, 0.6) is 0 Å². The molecule has 1 fully saturated rings. The summed E-state index contributed by atoms with van der Waals surface area (Å²) in [5, 5.41) is 1.76. The number of nitrogens with zero attached hydrogens (tertiary/aromatic N) is 1. The van der Waals surface area contributed by atoms with Gasteiger partial charge in [-0.3, -0.25) is 19.8 Å². The predicted molar refractivity (Wildman–Crippen MR) is 49.6 cm³/mol. The van der Waals surface area contributed by atoms with E-state index in [0.29, 0.717) is 11.3 Å². The first kappa shape index (κ1) is 11.4. The number of urea groups is 1. The van der Waals surface area contributed by atoms with Gasteiger partial charge in [-0.25, -0.2) is 9.18 Å². The van der Waals surface area contributed by atoms with Crippen molar-refractivity contribution in [3.8, 4) is 0 Å². The fourth-order valence-electron chi connectivity index (χ4n) is 1.17. The fourth-order valence-corrected chi connectivity index (χ4v) is 1.17. The number of allylic oxidation sites excluding steroid dienone is 1. The molecule has 1 saturated heterocycles. The van der Waals surface area contributed by atoms with Gasteiger partial charge in [0.1, 0.15) is 0 Å². The lowest BCUT2D eigenvalue weighted by atomic mass is 10.2. The SMILES string of the molecule is C/C=C/CCN1C(=O)NC(=O)C(F)C1=O. The molecular weight excluding hydrogens is 203 g/mol. The number of barbiturate groups is 1. The molecule has 0 aromatic carbocycles. The lowest BCUT2D eigenvalue weighted by Gasteiger charge is -2.26. The summed E-state index contributed by atoms with van der Waals surface area (Å²) in [6.45, 7) is 1.86. The van der Waals surface area contributed by atoms with Crippen molar-refractivity contribution in [2.75, 3.05) is 6.54 Å². The van der Waals surface area contributed by atoms with Gasteiger partial charge in [0, 0.05) is 6.54 Å². The van der Waals surface area contributed by atoms with Crippen LogP contribution in [0.25, 0.3) is 0 Å². The molecule has 0 radical (unpaired) electrons. The largest absolute Gasteiger partial charge is 0.330 e. The maximum atomic E-state index is 12.9. The van der Waals surface area contributed by atoms with E-state index in [0.717, 1.165) is 0 Å². The third-order valence-corrected chi connectivity index (χ3v) is 1.94. The minimum absolute atomic E-state index is 0.0721. The van der Waals surface area contributed by atoms with Crippen LogP contribution in [-0.4, -0.2) is 35.5 Å². The minimum atomic E-state index is -2.27. The Kier molecular flexibility index (Phi) is 3.54. The number of carbonyl (C=O) groups excluding carboxylic acids is 3. The molecule has 0 aromatic heterocycles. The first-order valence-electron chi connectivity index (χ1n) is 4.49. The smallest absolute Gasteiger partial charge is 0.275 e. The molecule has 15 heavy (non-hydrogen) atoms. The van der Waals surface area contributed by atoms with Crippen LogP contribution in [0.4, 0.5) is 9.18 Å². The van der Waals surface area contributed by atoms with E-state index in [1.165, 1.54) is 0 Å². The monoisotopic (exact) mass is 214 g/mol. The number of hydrogen-bond acceptors (Lipinski definition) is 3. The van der Waals surface area contributed by atoms with Crippen molar-refractivity contribution >= 4 is 17.8 Å². The lowest BCUT2D eigenvalue weighted by Crippen LogP contribution is -2.59. The summed E-state index contributed by atoms with van der Waals surface area (Å²) in [6, 6.07) is -0.858. The second-order valence-corrected chi connectivity index (χ2v) is 3.00. The van der Waals surface area contributed by atoms with E-state index in [-0.39, 0.29) is 6.54 Å². The van der Waals surface area contributed by atoms with E-state index < -0.39 is 24.0 Å². The number of amides is 4. The van der Waals surface area contributed by atoms with Gasteiger partial charge < -0.3 is 0 Å². The van der Waals surface area contributed by atoms with Crippen LogP contribution in [0.15, 0.2) is 12.2 Å². The normalized spacial score (nSPS) is 22.4. The predicted octanol–water partition coefficient (Wildman–Crippen LogP) is 0.369. The highest BCUT2D eigenvalue weighted by molar-refractivity contribution is 6.17. The quantitative estimate of drug-likeness (QED) is 0.545. The highest BCUT2D eigenvalue weighted by Gasteiger charge is 2.40. The molecule has 1 unspecified atom stereocenters. The Balaban J connectivity index is 2.66. The Morgan fingerprint density at radius 1 is 1.47 bits per heavy atom. The van der Waals surface area contributed by atoms with E-state index in [9.17, 15) is 18.8 Å². The van der Waals surface area contributed by atoms with Gasteiger partial charge in [-0.05, 0) is 13.3 Å². The number of halogens is 1. The zero-order valence-electron chi connectivity index (χ0n) is 8.20. The Bertz CT molecular complexity index is 327. The average molecular weight is 214 g/mol. The van der Waals surface area contributed by atoms with Gasteiger partial charge in [0.15, 0.2) is 0 Å². The molecule has 5 nitrogen and oxygen atoms in total. The maximum absolute atomic E-state index is 12.9. The van der Waals surface area contributed by atoms with Gasteiger partial charge in [0.25, 0.3) is 18.0 Å². The Morgan fingerprint density at radius 3 is 2.73 bits per heavy atom. The fraction of sp³-hybridized carbons (Fsp3) is 0.444. The summed E-state index contributed by atoms with van der Waals surface area (Å²) >= 11 is 0. The number of alkyl halides is 1. The van der Waals surface area contributed by atoms with E-state index >= 15 is 0 Å². The van der Waals surface area contributed by atoms with E-state index in [1.54, 1.807) is 24.4 Å². The van der Waals surface area contributed by atoms with Crippen molar-refractivity contribution in [1.82, 2.24) is 10.2 Å². The molecule has 0 bridgehead atoms. The molecule has 1 rings (SSSR count). The number of hydrogen-bond donors (Lipinski definition) is 1. The molecule has 82 valence electrons. The summed E-state index contributed by atoms with van der Waals surface area (Å²) in [7, 11) is 0. The summed E-state index contributed by atoms with van der Waals surface area (Å²) in [4.78, 5) is 33.7. The average Bonchev–Trinajstić information content (AvgIpc) is 2.20. The van der Waals surface area contributed by atoms with Gasteiger partial charge >= 0.3 is 6.03 Å². The summed E-state index contributed by atoms with van der Waals surface area (Å²) in [6.07, 6.45) is 1.67. The van der Waals surface area contributed by atoms with Gasteiger partial charge in [-0.15, -0.1) is 0 Å². The number of carbonyl (C=O) groups is 3. The maximum Gasteiger partial charge on any atom is 0.330 e. The van der Waals surface area contributed by atoms with Crippen LogP contribution in [0.3, 0.4) is 0 Å². The van der Waals surface area contributed by atoms with Crippen molar-refractivity contribution in [2.24, 2.45) is 0 Å². The zero-order chi connectivity index (χ0) is 11.4. The van der Waals surface area contributed by atoms with E-state index in [2.05, 4.69) is 0 Å². The van der Waals surface area contributed by atoms with E-state index in [4.69, 9.17) is 0 Å². The van der Waals surface area contributed by atoms with Gasteiger partial charge in [0.05, 0.1) is 0 Å². The molecule has 0 aliphatic carbocycles. The Morgan fingerprint density at radius 2 is 2.13 bits per heavy atom. The first-order valence-corrected chi connectivity index (χ1v) is 4.49. The second-order valence-electron chi connectivity index (χ2n) is 3.00. The molecule has 0 saturated carbocycles. The van der Waals surface area contributed by atoms with Crippen molar-refractivity contribution < 1.29 is 18.8 Å². The Hall–Kier alpha value is -1.72. The highest BCUT2D eigenvalue weighted by atomic mass is 19.1. The summed E-state index contributed by atoms with van der Waals surface area (Å²) in [5.41, 5.74) is 0. The van der Waals surface area contributed by atoms with Gasteiger partial charge in [-0.2, -0.15) is 0 Å². The third-order valence-electron chi connectivity index (χ3n) is 1.94. The molecule has 1 atom stereocenters. The Labute approximate surface area is 85.9 Å². The zero-order valence-corrected chi connectivity index (χ0v) is 8.20. The van der Waals surface area contributed by atoms with Crippen molar-refractivity contribution in [3.63, 3.8) is 0 Å². The van der Waals surface area contributed by atoms with Crippen LogP contribution in [0, 0.1) is 0 Å².